The zero-order chi connectivity index (χ0) is 12.5. The first-order valence-electron chi connectivity index (χ1n) is 5.95. The summed E-state index contributed by atoms with van der Waals surface area (Å²) in [6, 6.07) is 8.41. The molecule has 0 aromatic heterocycles. The maximum Gasteiger partial charge on any atom is 0.142 e. The van der Waals surface area contributed by atoms with Crippen LogP contribution in [0.1, 0.15) is 19.4 Å². The fraction of sp³-hybridized carbons (Fsp3) is 0.267. The molecular formula is C15H19NO. The van der Waals surface area contributed by atoms with Crippen molar-refractivity contribution in [2.24, 2.45) is 0 Å². The van der Waals surface area contributed by atoms with Crippen LogP contribution in [0, 0.1) is 0 Å². The van der Waals surface area contributed by atoms with Gasteiger partial charge in [0.2, 0.25) is 0 Å². The van der Waals surface area contributed by atoms with Gasteiger partial charge in [-0.15, -0.1) is 0 Å². The van der Waals surface area contributed by atoms with Gasteiger partial charge in [-0.05, 0) is 37.6 Å². The third kappa shape index (κ3) is 4.27. The number of rotatable bonds is 6. The number of carbonyl (C=O) groups excluding carboxylic acids is 1. The van der Waals surface area contributed by atoms with Gasteiger partial charge in [0.15, 0.2) is 0 Å². The van der Waals surface area contributed by atoms with E-state index in [1.54, 1.807) is 6.08 Å². The predicted octanol–water partition coefficient (Wildman–Crippen LogP) is 3.30. The first-order valence-corrected chi connectivity index (χ1v) is 5.95. The number of carbonyl (C=O) groups is 1. The third-order valence-electron chi connectivity index (χ3n) is 2.61. The van der Waals surface area contributed by atoms with Crippen LogP contribution in [-0.2, 0) is 4.79 Å². The Labute approximate surface area is 103 Å². The van der Waals surface area contributed by atoms with Gasteiger partial charge in [-0.3, -0.25) is 4.79 Å². The minimum atomic E-state index is 0.772. The van der Waals surface area contributed by atoms with Gasteiger partial charge in [0, 0.05) is 18.8 Å². The molecule has 0 saturated carbocycles. The van der Waals surface area contributed by atoms with Crippen LogP contribution in [0.4, 0.5) is 5.69 Å². The largest absolute Gasteiger partial charge is 0.372 e. The number of hydrogen-bond donors (Lipinski definition) is 0. The summed E-state index contributed by atoms with van der Waals surface area (Å²) in [5, 5.41) is 0. The van der Waals surface area contributed by atoms with Crippen molar-refractivity contribution in [1.29, 1.82) is 0 Å². The van der Waals surface area contributed by atoms with E-state index in [2.05, 4.69) is 43.0 Å². The number of nitrogens with zero attached hydrogens (tertiary/aromatic N) is 1. The van der Waals surface area contributed by atoms with Gasteiger partial charge in [-0.25, -0.2) is 0 Å². The highest BCUT2D eigenvalue weighted by atomic mass is 16.1. The Morgan fingerprint density at radius 2 is 1.65 bits per heavy atom. The molecule has 0 atom stereocenters. The molecule has 1 aromatic rings. The van der Waals surface area contributed by atoms with E-state index in [0.29, 0.717) is 0 Å². The lowest BCUT2D eigenvalue weighted by Gasteiger charge is -2.20. The number of allylic oxidation sites excluding steroid dienone is 3. The Hall–Kier alpha value is -1.83. The molecule has 1 aromatic carbocycles. The van der Waals surface area contributed by atoms with Gasteiger partial charge in [0.05, 0.1) is 0 Å². The Kier molecular flexibility index (Phi) is 5.80. The molecule has 0 fully saturated rings. The summed E-state index contributed by atoms with van der Waals surface area (Å²) >= 11 is 0. The second-order valence-electron chi connectivity index (χ2n) is 3.64. The minimum Gasteiger partial charge on any atom is -0.372 e. The summed E-state index contributed by atoms with van der Waals surface area (Å²) in [4.78, 5) is 12.4. The molecule has 0 radical (unpaired) electrons. The van der Waals surface area contributed by atoms with E-state index in [0.717, 1.165) is 24.9 Å². The molecule has 2 heteroatoms. The molecule has 0 N–H and O–H groups in total. The molecule has 0 heterocycles. The van der Waals surface area contributed by atoms with Crippen molar-refractivity contribution >= 4 is 18.0 Å². The standard InChI is InChI=1S/C15H19NO/c1-3-16(4-2)15-11-9-14(10-12-15)8-6-5-7-13-17/h5-13H,3-4H2,1-2H3. The second kappa shape index (κ2) is 7.44. The van der Waals surface area contributed by atoms with Crippen molar-refractivity contribution in [2.75, 3.05) is 18.0 Å². The zero-order valence-electron chi connectivity index (χ0n) is 10.5. The normalized spacial score (nSPS) is 11.2. The van der Waals surface area contributed by atoms with Gasteiger partial charge in [-0.1, -0.05) is 30.4 Å². The van der Waals surface area contributed by atoms with E-state index in [1.165, 1.54) is 11.8 Å². The summed E-state index contributed by atoms with van der Waals surface area (Å²) in [5.74, 6) is 0. The first-order chi connectivity index (χ1) is 8.31. The highest BCUT2D eigenvalue weighted by Gasteiger charge is 1.99. The molecule has 0 bridgehead atoms. The molecule has 0 unspecified atom stereocenters. The Morgan fingerprint density at radius 1 is 1.00 bits per heavy atom. The van der Waals surface area contributed by atoms with E-state index in [1.807, 2.05) is 12.2 Å². The van der Waals surface area contributed by atoms with Crippen LogP contribution in [0.25, 0.3) is 6.08 Å². The van der Waals surface area contributed by atoms with Gasteiger partial charge in [-0.2, -0.15) is 0 Å². The fourth-order valence-corrected chi connectivity index (χ4v) is 1.66. The third-order valence-corrected chi connectivity index (χ3v) is 2.61. The SMILES string of the molecule is CCN(CC)c1ccc(C=CC=CC=O)cc1. The van der Waals surface area contributed by atoms with Crippen molar-refractivity contribution < 1.29 is 4.79 Å². The van der Waals surface area contributed by atoms with Crippen LogP contribution in [0.3, 0.4) is 0 Å². The molecule has 0 aliphatic heterocycles. The molecule has 0 aliphatic carbocycles. The van der Waals surface area contributed by atoms with Gasteiger partial charge in [0.1, 0.15) is 6.29 Å². The Bertz CT molecular complexity index is 386. The number of benzene rings is 1. The van der Waals surface area contributed by atoms with Crippen LogP contribution in [0.15, 0.2) is 42.5 Å². The maximum atomic E-state index is 10.1. The molecule has 0 amide bonds. The molecule has 2 nitrogen and oxygen atoms in total. The van der Waals surface area contributed by atoms with E-state index in [-0.39, 0.29) is 0 Å². The number of hydrogen-bond acceptors (Lipinski definition) is 2. The topological polar surface area (TPSA) is 20.3 Å². The first kappa shape index (κ1) is 13.2. The summed E-state index contributed by atoms with van der Waals surface area (Å²) in [6.45, 7) is 6.35. The Balaban J connectivity index is 2.70. The molecule has 0 aliphatic rings. The monoisotopic (exact) mass is 229 g/mol. The molecule has 1 rings (SSSR count). The molecule has 0 spiro atoms. The van der Waals surface area contributed by atoms with Crippen LogP contribution < -0.4 is 4.90 Å². The lowest BCUT2D eigenvalue weighted by Crippen LogP contribution is -2.21. The minimum absolute atomic E-state index is 0.772. The van der Waals surface area contributed by atoms with E-state index in [9.17, 15) is 4.79 Å². The Morgan fingerprint density at radius 3 is 2.18 bits per heavy atom. The van der Waals surface area contributed by atoms with Crippen LogP contribution in [-0.4, -0.2) is 19.4 Å². The summed E-state index contributed by atoms with van der Waals surface area (Å²) < 4.78 is 0. The number of aldehydes is 1. The van der Waals surface area contributed by atoms with E-state index >= 15 is 0 Å². The van der Waals surface area contributed by atoms with Crippen molar-refractivity contribution in [3.63, 3.8) is 0 Å². The molecule has 90 valence electrons. The van der Waals surface area contributed by atoms with Crippen molar-refractivity contribution in [3.05, 3.63) is 48.1 Å². The van der Waals surface area contributed by atoms with Crippen molar-refractivity contribution in [3.8, 4) is 0 Å². The van der Waals surface area contributed by atoms with E-state index in [4.69, 9.17) is 0 Å². The smallest absolute Gasteiger partial charge is 0.142 e. The van der Waals surface area contributed by atoms with Gasteiger partial charge < -0.3 is 4.90 Å². The summed E-state index contributed by atoms with van der Waals surface area (Å²) in [7, 11) is 0. The average Bonchev–Trinajstić information content (AvgIpc) is 2.38. The predicted molar refractivity (Wildman–Crippen MR) is 74.2 cm³/mol. The molecule has 0 saturated heterocycles. The van der Waals surface area contributed by atoms with Crippen LogP contribution in [0.5, 0.6) is 0 Å². The van der Waals surface area contributed by atoms with Crippen molar-refractivity contribution in [2.45, 2.75) is 13.8 Å². The van der Waals surface area contributed by atoms with Gasteiger partial charge >= 0.3 is 0 Å². The number of anilines is 1. The lowest BCUT2D eigenvalue weighted by atomic mass is 10.2. The van der Waals surface area contributed by atoms with Crippen LogP contribution >= 0.6 is 0 Å². The maximum absolute atomic E-state index is 10.1. The molecular weight excluding hydrogens is 210 g/mol. The second-order valence-corrected chi connectivity index (χ2v) is 3.64. The fourth-order valence-electron chi connectivity index (χ4n) is 1.66. The average molecular weight is 229 g/mol. The van der Waals surface area contributed by atoms with E-state index < -0.39 is 0 Å². The zero-order valence-corrected chi connectivity index (χ0v) is 10.5. The highest BCUT2D eigenvalue weighted by Crippen LogP contribution is 2.15. The van der Waals surface area contributed by atoms with Crippen molar-refractivity contribution in [1.82, 2.24) is 0 Å². The lowest BCUT2D eigenvalue weighted by molar-refractivity contribution is -0.104. The highest BCUT2D eigenvalue weighted by molar-refractivity contribution is 5.66. The summed E-state index contributed by atoms with van der Waals surface area (Å²) in [5.41, 5.74) is 2.38. The molecule has 17 heavy (non-hydrogen) atoms. The summed E-state index contributed by atoms with van der Waals surface area (Å²) in [6.07, 6.45) is 7.81. The van der Waals surface area contributed by atoms with Crippen LogP contribution in [0.2, 0.25) is 0 Å². The quantitative estimate of drug-likeness (QED) is 0.424. The van der Waals surface area contributed by atoms with Gasteiger partial charge in [0.25, 0.3) is 0 Å².